The first kappa shape index (κ1) is 18.5. The van der Waals surface area contributed by atoms with Gasteiger partial charge in [0.2, 0.25) is 5.91 Å². The minimum absolute atomic E-state index is 0.0398. The Kier molecular flexibility index (Phi) is 5.31. The minimum atomic E-state index is -0.366. The van der Waals surface area contributed by atoms with E-state index in [4.69, 9.17) is 0 Å². The Balaban J connectivity index is 1.31. The molecule has 2 fully saturated rings. The van der Waals surface area contributed by atoms with Crippen LogP contribution in [0.4, 0.5) is 4.39 Å². The Morgan fingerprint density at radius 1 is 0.929 bits per heavy atom. The van der Waals surface area contributed by atoms with Crippen LogP contribution in [0.1, 0.15) is 28.4 Å². The second kappa shape index (κ2) is 8.04. The molecular formula is C20H22FN5O2. The predicted octanol–water partition coefficient (Wildman–Crippen LogP) is 1.11. The first-order valence-electron chi connectivity index (χ1n) is 9.36. The number of carbonyl (C=O) groups excluding carboxylic acids is 2. The lowest BCUT2D eigenvalue weighted by molar-refractivity contribution is -0.134. The number of nitrogens with zero attached hydrogens (tertiary/aromatic N) is 3. The molecule has 3 heterocycles. The summed E-state index contributed by atoms with van der Waals surface area (Å²) in [5.41, 5.74) is 7.82. The third-order valence-corrected chi connectivity index (χ3v) is 5.28. The molecule has 2 aliphatic rings. The van der Waals surface area contributed by atoms with Crippen LogP contribution in [0.3, 0.4) is 0 Å². The monoisotopic (exact) mass is 383 g/mol. The zero-order valence-electron chi connectivity index (χ0n) is 15.3. The summed E-state index contributed by atoms with van der Waals surface area (Å²) in [6.45, 7) is 1.92. The van der Waals surface area contributed by atoms with E-state index in [0.717, 1.165) is 5.56 Å². The number of hydrogen-bond donors (Lipinski definition) is 2. The van der Waals surface area contributed by atoms with Crippen LogP contribution in [0, 0.1) is 5.82 Å². The Morgan fingerprint density at radius 3 is 2.25 bits per heavy atom. The van der Waals surface area contributed by atoms with Crippen molar-refractivity contribution in [3.05, 3.63) is 65.7 Å². The Morgan fingerprint density at radius 2 is 1.57 bits per heavy atom. The van der Waals surface area contributed by atoms with E-state index in [9.17, 15) is 14.0 Å². The number of carbonyl (C=O) groups is 2. The number of hydrogen-bond acceptors (Lipinski definition) is 5. The van der Waals surface area contributed by atoms with Gasteiger partial charge < -0.3 is 9.80 Å². The number of amides is 2. The molecule has 1 aromatic heterocycles. The van der Waals surface area contributed by atoms with Gasteiger partial charge in [-0.2, -0.15) is 0 Å². The number of rotatable bonds is 3. The summed E-state index contributed by atoms with van der Waals surface area (Å²) in [4.78, 5) is 32.9. The van der Waals surface area contributed by atoms with Crippen molar-refractivity contribution < 1.29 is 14.0 Å². The number of hydrazine groups is 1. The second-order valence-electron chi connectivity index (χ2n) is 7.03. The maximum absolute atomic E-state index is 13.0. The standard InChI is InChI=1S/C20H22FN5O2/c21-16-3-1-15(2-4-16)19(27)25-9-11-26(12-10-25)20(28)18-13-17(23-24-18)14-5-7-22-8-6-14/h1-8,17-18,23-24H,9-13H2. The lowest BCUT2D eigenvalue weighted by atomic mass is 10.0. The molecule has 146 valence electrons. The molecule has 2 N–H and O–H groups in total. The number of halogens is 1. The van der Waals surface area contributed by atoms with E-state index < -0.39 is 0 Å². The molecule has 0 spiro atoms. The highest BCUT2D eigenvalue weighted by Gasteiger charge is 2.34. The van der Waals surface area contributed by atoms with Gasteiger partial charge in [-0.15, -0.1) is 0 Å². The molecule has 0 aliphatic carbocycles. The van der Waals surface area contributed by atoms with Crippen molar-refractivity contribution in [3.8, 4) is 0 Å². The van der Waals surface area contributed by atoms with Gasteiger partial charge in [-0.3, -0.25) is 14.6 Å². The maximum atomic E-state index is 13.0. The molecule has 0 bridgehead atoms. The summed E-state index contributed by atoms with van der Waals surface area (Å²) < 4.78 is 13.0. The number of benzene rings is 1. The van der Waals surface area contributed by atoms with E-state index in [0.29, 0.717) is 38.2 Å². The first-order chi connectivity index (χ1) is 13.6. The first-order valence-corrected chi connectivity index (χ1v) is 9.36. The molecule has 0 radical (unpaired) electrons. The smallest absolute Gasteiger partial charge is 0.253 e. The number of nitrogens with one attached hydrogen (secondary N) is 2. The second-order valence-corrected chi connectivity index (χ2v) is 7.03. The van der Waals surface area contributed by atoms with E-state index in [1.807, 2.05) is 12.1 Å². The van der Waals surface area contributed by atoms with Gasteiger partial charge in [0.05, 0.1) is 0 Å². The van der Waals surface area contributed by atoms with Gasteiger partial charge in [-0.25, -0.2) is 15.2 Å². The fourth-order valence-corrected chi connectivity index (χ4v) is 3.66. The molecule has 1 aromatic carbocycles. The van der Waals surface area contributed by atoms with E-state index in [1.54, 1.807) is 22.2 Å². The highest BCUT2D eigenvalue weighted by atomic mass is 19.1. The fraction of sp³-hybridized carbons (Fsp3) is 0.350. The fourth-order valence-electron chi connectivity index (χ4n) is 3.66. The SMILES string of the molecule is O=C(c1ccc(F)cc1)N1CCN(C(=O)C2CC(c3ccncc3)NN2)CC1. The highest BCUT2D eigenvalue weighted by molar-refractivity contribution is 5.94. The molecular weight excluding hydrogens is 361 g/mol. The van der Waals surface area contributed by atoms with E-state index in [-0.39, 0.29) is 29.7 Å². The van der Waals surface area contributed by atoms with Crippen molar-refractivity contribution >= 4 is 11.8 Å². The van der Waals surface area contributed by atoms with Gasteiger partial charge in [0.15, 0.2) is 0 Å². The van der Waals surface area contributed by atoms with Crippen molar-refractivity contribution in [2.45, 2.75) is 18.5 Å². The minimum Gasteiger partial charge on any atom is -0.338 e. The highest BCUT2D eigenvalue weighted by Crippen LogP contribution is 2.23. The molecule has 2 amide bonds. The molecule has 2 atom stereocenters. The molecule has 7 nitrogen and oxygen atoms in total. The van der Waals surface area contributed by atoms with Gasteiger partial charge in [-0.1, -0.05) is 0 Å². The number of pyridine rings is 1. The van der Waals surface area contributed by atoms with Crippen LogP contribution in [0.25, 0.3) is 0 Å². The van der Waals surface area contributed by atoms with Gasteiger partial charge in [0.25, 0.3) is 5.91 Å². The molecule has 2 aromatic rings. The van der Waals surface area contributed by atoms with Gasteiger partial charge in [0.1, 0.15) is 11.9 Å². The lowest BCUT2D eigenvalue weighted by Crippen LogP contribution is -2.54. The van der Waals surface area contributed by atoms with Crippen molar-refractivity contribution in [3.63, 3.8) is 0 Å². The Bertz CT molecular complexity index is 837. The van der Waals surface area contributed by atoms with E-state index >= 15 is 0 Å². The topological polar surface area (TPSA) is 77.6 Å². The molecule has 2 saturated heterocycles. The Labute approximate surface area is 162 Å². The lowest BCUT2D eigenvalue weighted by Gasteiger charge is -2.36. The number of aromatic nitrogens is 1. The number of piperazine rings is 1. The van der Waals surface area contributed by atoms with Crippen LogP contribution in [0.5, 0.6) is 0 Å². The maximum Gasteiger partial charge on any atom is 0.253 e. The third-order valence-electron chi connectivity index (χ3n) is 5.28. The van der Waals surface area contributed by atoms with E-state index in [2.05, 4.69) is 15.8 Å². The van der Waals surface area contributed by atoms with Crippen molar-refractivity contribution in [2.75, 3.05) is 26.2 Å². The van der Waals surface area contributed by atoms with Crippen molar-refractivity contribution in [1.82, 2.24) is 25.6 Å². The molecule has 2 unspecified atom stereocenters. The summed E-state index contributed by atoms with van der Waals surface area (Å²) in [5, 5.41) is 0. The molecule has 8 heteroatoms. The average molecular weight is 383 g/mol. The molecule has 2 aliphatic heterocycles. The third kappa shape index (κ3) is 3.88. The van der Waals surface area contributed by atoms with E-state index in [1.165, 1.54) is 24.3 Å². The molecule has 0 saturated carbocycles. The van der Waals surface area contributed by atoms with Crippen molar-refractivity contribution in [2.24, 2.45) is 0 Å². The summed E-state index contributed by atoms with van der Waals surface area (Å²) >= 11 is 0. The predicted molar refractivity (Wildman–Crippen MR) is 101 cm³/mol. The van der Waals surface area contributed by atoms with Crippen LogP contribution in [-0.2, 0) is 4.79 Å². The average Bonchev–Trinajstić information content (AvgIpc) is 3.24. The summed E-state index contributed by atoms with van der Waals surface area (Å²) in [7, 11) is 0. The zero-order valence-corrected chi connectivity index (χ0v) is 15.3. The van der Waals surface area contributed by atoms with Crippen LogP contribution in [0.15, 0.2) is 48.8 Å². The quantitative estimate of drug-likeness (QED) is 0.831. The van der Waals surface area contributed by atoms with Crippen molar-refractivity contribution in [1.29, 1.82) is 0 Å². The van der Waals surface area contributed by atoms with Gasteiger partial charge >= 0.3 is 0 Å². The van der Waals surface area contributed by atoms with Crippen LogP contribution < -0.4 is 10.9 Å². The summed E-state index contributed by atoms with van der Waals surface area (Å²) in [6, 6.07) is 9.19. The largest absolute Gasteiger partial charge is 0.338 e. The molecule has 28 heavy (non-hydrogen) atoms. The zero-order chi connectivity index (χ0) is 19.5. The summed E-state index contributed by atoms with van der Waals surface area (Å²) in [6.07, 6.45) is 4.14. The van der Waals surface area contributed by atoms with Gasteiger partial charge in [0, 0.05) is 50.2 Å². The van der Waals surface area contributed by atoms with Crippen LogP contribution >= 0.6 is 0 Å². The van der Waals surface area contributed by atoms with Gasteiger partial charge in [-0.05, 0) is 48.4 Å². The van der Waals surface area contributed by atoms with Crippen LogP contribution in [-0.4, -0.2) is 58.8 Å². The summed E-state index contributed by atoms with van der Waals surface area (Å²) in [5.74, 6) is -0.460. The normalized spacial score (nSPS) is 22.3. The van der Waals surface area contributed by atoms with Crippen LogP contribution in [0.2, 0.25) is 0 Å². The Hall–Kier alpha value is -2.84. The molecule has 4 rings (SSSR count).